The molecule has 21 heavy (non-hydrogen) atoms. The van der Waals surface area contributed by atoms with Gasteiger partial charge in [0.2, 0.25) is 5.13 Å². The number of benzene rings is 2. The Morgan fingerprint density at radius 2 is 1.76 bits per heavy atom. The van der Waals surface area contributed by atoms with Crippen LogP contribution in [0.25, 0.3) is 11.4 Å². The molecule has 4 nitrogen and oxygen atoms in total. The number of hydrogen-bond acceptors (Lipinski definition) is 4. The van der Waals surface area contributed by atoms with E-state index in [1.54, 1.807) is 6.07 Å². The Hall–Kier alpha value is -2.60. The van der Waals surface area contributed by atoms with Gasteiger partial charge in [0.05, 0.1) is 5.56 Å². The number of hydrogen-bond donors (Lipinski definition) is 1. The molecule has 3 aromatic rings. The van der Waals surface area contributed by atoms with Crippen molar-refractivity contribution in [2.45, 2.75) is 0 Å². The molecule has 0 bridgehead atoms. The minimum Gasteiger partial charge on any atom is -0.296 e. The van der Waals surface area contributed by atoms with Gasteiger partial charge in [-0.25, -0.2) is 4.39 Å². The van der Waals surface area contributed by atoms with E-state index in [-0.39, 0.29) is 5.56 Å². The molecule has 6 heteroatoms. The number of anilines is 1. The monoisotopic (exact) mass is 299 g/mol. The zero-order chi connectivity index (χ0) is 14.7. The third kappa shape index (κ3) is 2.95. The lowest BCUT2D eigenvalue weighted by Gasteiger charge is -2.01. The average Bonchev–Trinajstić information content (AvgIpc) is 2.97. The number of carbonyl (C=O) groups excluding carboxylic acids is 1. The summed E-state index contributed by atoms with van der Waals surface area (Å²) < 4.78 is 17.7. The molecule has 0 spiro atoms. The molecule has 0 saturated heterocycles. The van der Waals surface area contributed by atoms with Gasteiger partial charge < -0.3 is 0 Å². The van der Waals surface area contributed by atoms with Crippen LogP contribution in [-0.4, -0.2) is 15.3 Å². The quantitative estimate of drug-likeness (QED) is 0.804. The van der Waals surface area contributed by atoms with E-state index < -0.39 is 11.7 Å². The van der Waals surface area contributed by atoms with Crippen LogP contribution in [0.1, 0.15) is 10.4 Å². The Morgan fingerprint density at radius 1 is 1.05 bits per heavy atom. The van der Waals surface area contributed by atoms with Crippen molar-refractivity contribution in [1.82, 2.24) is 9.36 Å². The maximum atomic E-state index is 13.5. The lowest BCUT2D eigenvalue weighted by molar-refractivity contribution is 0.102. The highest BCUT2D eigenvalue weighted by molar-refractivity contribution is 7.10. The summed E-state index contributed by atoms with van der Waals surface area (Å²) in [4.78, 5) is 16.2. The van der Waals surface area contributed by atoms with Gasteiger partial charge in [-0.2, -0.15) is 9.36 Å². The van der Waals surface area contributed by atoms with Crippen molar-refractivity contribution in [3.05, 3.63) is 66.0 Å². The Balaban J connectivity index is 1.79. The number of halogens is 1. The number of aromatic nitrogens is 2. The number of rotatable bonds is 3. The third-order valence-electron chi connectivity index (χ3n) is 2.80. The van der Waals surface area contributed by atoms with Crippen LogP contribution in [0.5, 0.6) is 0 Å². The van der Waals surface area contributed by atoms with Crippen molar-refractivity contribution in [3.8, 4) is 11.4 Å². The molecule has 0 radical (unpaired) electrons. The maximum Gasteiger partial charge on any atom is 0.260 e. The van der Waals surface area contributed by atoms with Gasteiger partial charge in [0, 0.05) is 17.1 Å². The summed E-state index contributed by atoms with van der Waals surface area (Å²) in [5, 5.41) is 2.89. The second-order valence-electron chi connectivity index (χ2n) is 4.22. The molecule has 104 valence electrons. The van der Waals surface area contributed by atoms with Crippen molar-refractivity contribution >= 4 is 22.6 Å². The molecule has 1 N–H and O–H groups in total. The zero-order valence-corrected chi connectivity index (χ0v) is 11.6. The SMILES string of the molecule is O=C(Nc1nc(-c2ccccc2)ns1)c1ccccc1F. The molecule has 3 rings (SSSR count). The molecule has 0 aliphatic rings. The van der Waals surface area contributed by atoms with Crippen LogP contribution in [0.15, 0.2) is 54.6 Å². The molecule has 0 aliphatic carbocycles. The van der Waals surface area contributed by atoms with E-state index in [0.717, 1.165) is 17.1 Å². The van der Waals surface area contributed by atoms with Crippen LogP contribution in [0.2, 0.25) is 0 Å². The molecule has 1 aromatic heterocycles. The average molecular weight is 299 g/mol. The predicted octanol–water partition coefficient (Wildman–Crippen LogP) is 3.60. The van der Waals surface area contributed by atoms with E-state index in [1.807, 2.05) is 30.3 Å². The van der Waals surface area contributed by atoms with E-state index in [4.69, 9.17) is 0 Å². The second kappa shape index (κ2) is 5.80. The highest BCUT2D eigenvalue weighted by Crippen LogP contribution is 2.21. The fraction of sp³-hybridized carbons (Fsp3) is 0. The minimum atomic E-state index is -0.567. The zero-order valence-electron chi connectivity index (χ0n) is 10.8. The molecule has 0 unspecified atom stereocenters. The topological polar surface area (TPSA) is 54.9 Å². The van der Waals surface area contributed by atoms with Gasteiger partial charge in [0.25, 0.3) is 5.91 Å². The van der Waals surface area contributed by atoms with E-state index in [1.165, 1.54) is 18.2 Å². The molecule has 1 amide bonds. The van der Waals surface area contributed by atoms with Crippen LogP contribution in [0.4, 0.5) is 9.52 Å². The Morgan fingerprint density at radius 3 is 2.52 bits per heavy atom. The lowest BCUT2D eigenvalue weighted by Crippen LogP contribution is -2.13. The van der Waals surface area contributed by atoms with Crippen LogP contribution in [0, 0.1) is 5.82 Å². The second-order valence-corrected chi connectivity index (χ2v) is 4.97. The molecule has 0 saturated carbocycles. The summed E-state index contributed by atoms with van der Waals surface area (Å²) in [5.41, 5.74) is 0.842. The normalized spacial score (nSPS) is 10.3. The van der Waals surface area contributed by atoms with E-state index in [2.05, 4.69) is 14.7 Å². The van der Waals surface area contributed by atoms with Gasteiger partial charge in [-0.15, -0.1) is 0 Å². The highest BCUT2D eigenvalue weighted by Gasteiger charge is 2.13. The van der Waals surface area contributed by atoms with Gasteiger partial charge in [0.15, 0.2) is 5.82 Å². The Bertz CT molecular complexity index is 773. The molecule has 0 atom stereocenters. The van der Waals surface area contributed by atoms with Gasteiger partial charge in [-0.3, -0.25) is 10.1 Å². The highest BCUT2D eigenvalue weighted by atomic mass is 32.1. The smallest absolute Gasteiger partial charge is 0.260 e. The van der Waals surface area contributed by atoms with Crippen molar-refractivity contribution in [2.75, 3.05) is 5.32 Å². The van der Waals surface area contributed by atoms with Gasteiger partial charge >= 0.3 is 0 Å². The number of nitrogens with one attached hydrogen (secondary N) is 1. The first-order valence-electron chi connectivity index (χ1n) is 6.19. The molecule has 0 fully saturated rings. The summed E-state index contributed by atoms with van der Waals surface area (Å²) in [7, 11) is 0. The summed E-state index contributed by atoms with van der Waals surface area (Å²) in [6.07, 6.45) is 0. The van der Waals surface area contributed by atoms with Gasteiger partial charge in [0.1, 0.15) is 5.82 Å². The Kier molecular flexibility index (Phi) is 3.70. The minimum absolute atomic E-state index is 0.0195. The van der Waals surface area contributed by atoms with Crippen molar-refractivity contribution < 1.29 is 9.18 Å². The molecule has 2 aromatic carbocycles. The van der Waals surface area contributed by atoms with Crippen molar-refractivity contribution in [2.24, 2.45) is 0 Å². The van der Waals surface area contributed by atoms with Crippen LogP contribution in [-0.2, 0) is 0 Å². The van der Waals surface area contributed by atoms with Crippen LogP contribution >= 0.6 is 11.5 Å². The Labute approximate surface area is 124 Å². The predicted molar refractivity (Wildman–Crippen MR) is 79.7 cm³/mol. The lowest BCUT2D eigenvalue weighted by atomic mass is 10.2. The summed E-state index contributed by atoms with van der Waals surface area (Å²) in [6, 6.07) is 15.2. The van der Waals surface area contributed by atoms with Crippen molar-refractivity contribution in [1.29, 1.82) is 0 Å². The number of amides is 1. The summed E-state index contributed by atoms with van der Waals surface area (Å²) in [6.45, 7) is 0. The van der Waals surface area contributed by atoms with Crippen LogP contribution < -0.4 is 5.32 Å². The van der Waals surface area contributed by atoms with Crippen LogP contribution in [0.3, 0.4) is 0 Å². The largest absolute Gasteiger partial charge is 0.296 e. The first-order valence-corrected chi connectivity index (χ1v) is 6.96. The fourth-order valence-electron chi connectivity index (χ4n) is 1.79. The first kappa shape index (κ1) is 13.4. The molecular weight excluding hydrogens is 289 g/mol. The number of carbonyl (C=O) groups is 1. The summed E-state index contributed by atoms with van der Waals surface area (Å²) in [5.74, 6) is -0.573. The number of nitrogens with zero attached hydrogens (tertiary/aromatic N) is 2. The van der Waals surface area contributed by atoms with Gasteiger partial charge in [-0.1, -0.05) is 42.5 Å². The van der Waals surface area contributed by atoms with E-state index >= 15 is 0 Å². The maximum absolute atomic E-state index is 13.5. The summed E-state index contributed by atoms with van der Waals surface area (Å²) >= 11 is 1.06. The van der Waals surface area contributed by atoms with E-state index in [0.29, 0.717) is 11.0 Å². The molecular formula is C15H10FN3OS. The molecule has 1 heterocycles. The third-order valence-corrected chi connectivity index (χ3v) is 3.43. The van der Waals surface area contributed by atoms with E-state index in [9.17, 15) is 9.18 Å². The fourth-order valence-corrected chi connectivity index (χ4v) is 2.37. The van der Waals surface area contributed by atoms with Gasteiger partial charge in [-0.05, 0) is 12.1 Å². The molecule has 0 aliphatic heterocycles. The standard InChI is InChI=1S/C15H10FN3OS/c16-12-9-5-4-8-11(12)14(20)18-15-17-13(19-21-15)10-6-2-1-3-7-10/h1-9H,(H,17,18,19,20). The van der Waals surface area contributed by atoms with Crippen molar-refractivity contribution in [3.63, 3.8) is 0 Å². The first-order chi connectivity index (χ1) is 10.2.